The predicted molar refractivity (Wildman–Crippen MR) is 38.7 cm³/mol. The molecule has 0 atom stereocenters. The highest BCUT2D eigenvalue weighted by Gasteiger charge is 1.68. The van der Waals surface area contributed by atoms with Gasteiger partial charge in [0.15, 0.2) is 0 Å². The van der Waals surface area contributed by atoms with Crippen LogP contribution in [0.25, 0.3) is 0 Å². The molecular weight excluding hydrogens is 114 g/mol. The van der Waals surface area contributed by atoms with Crippen molar-refractivity contribution >= 4 is 6.01 Å². The van der Waals surface area contributed by atoms with Gasteiger partial charge in [-0.3, -0.25) is 0 Å². The van der Waals surface area contributed by atoms with Crippen LogP contribution in [-0.2, 0) is 0 Å². The van der Waals surface area contributed by atoms with Gasteiger partial charge < -0.3 is 5.43 Å². The molecule has 3 nitrogen and oxygen atoms in total. The van der Waals surface area contributed by atoms with Gasteiger partial charge in [-0.25, -0.2) is 4.99 Å². The van der Waals surface area contributed by atoms with E-state index in [9.17, 15) is 0 Å². The van der Waals surface area contributed by atoms with Crippen LogP contribution in [0.4, 0.5) is 0 Å². The summed E-state index contributed by atoms with van der Waals surface area (Å²) in [6, 6.07) is 2.53. The Labute approximate surface area is 55.9 Å². The Balaban J connectivity index is 3.18. The van der Waals surface area contributed by atoms with Crippen molar-refractivity contribution in [3.63, 3.8) is 0 Å². The average molecular weight is 127 g/mol. The number of nitrogens with one attached hydrogen (secondary N) is 1. The Bertz CT molecular complexity index is 92.9. The molecule has 3 heteroatoms. The Morgan fingerprint density at radius 2 is 2.22 bits per heavy atom. The lowest BCUT2D eigenvalue weighted by molar-refractivity contribution is 0.786. The summed E-state index contributed by atoms with van der Waals surface area (Å²) in [6.45, 7) is 5.69. The molecule has 0 spiro atoms. The van der Waals surface area contributed by atoms with Gasteiger partial charge >= 0.3 is 0 Å². The van der Waals surface area contributed by atoms with Gasteiger partial charge in [0.05, 0.1) is 0 Å². The van der Waals surface area contributed by atoms with Crippen LogP contribution in [0.5, 0.6) is 0 Å². The molecule has 0 amide bonds. The molecular formula is C6H13N3. The van der Waals surface area contributed by atoms with Crippen molar-refractivity contribution in [2.75, 3.05) is 13.1 Å². The van der Waals surface area contributed by atoms with Gasteiger partial charge in [0, 0.05) is 13.1 Å². The Kier molecular flexibility index (Phi) is 6.53. The van der Waals surface area contributed by atoms with E-state index in [2.05, 4.69) is 28.5 Å². The molecule has 0 aromatic carbocycles. The van der Waals surface area contributed by atoms with Gasteiger partial charge in [0.25, 0.3) is 0 Å². The van der Waals surface area contributed by atoms with E-state index in [0.717, 1.165) is 19.5 Å². The molecule has 9 heavy (non-hydrogen) atoms. The first kappa shape index (κ1) is 8.18. The molecule has 0 heterocycles. The minimum Gasteiger partial charge on any atom is -0.301 e. The first-order valence-electron chi connectivity index (χ1n) is 3.25. The lowest BCUT2D eigenvalue weighted by Crippen LogP contribution is -2.01. The smallest absolute Gasteiger partial charge is 0.114 e. The Morgan fingerprint density at radius 3 is 2.78 bits per heavy atom. The van der Waals surface area contributed by atoms with E-state index in [4.69, 9.17) is 0 Å². The number of rotatable bonds is 4. The maximum atomic E-state index is 3.85. The number of hydrazone groups is 1. The van der Waals surface area contributed by atoms with Crippen LogP contribution in [0.3, 0.4) is 0 Å². The topological polar surface area (TPSA) is 36.8 Å². The average Bonchev–Trinajstić information content (AvgIpc) is 1.89. The van der Waals surface area contributed by atoms with Gasteiger partial charge in [0.2, 0.25) is 0 Å². The third kappa shape index (κ3) is 7.18. The lowest BCUT2D eigenvalue weighted by atomic mass is 10.5. The van der Waals surface area contributed by atoms with Crippen LogP contribution in [0, 0.1) is 0 Å². The SMILES string of the molecule is CCCN=C=NNCC. The quantitative estimate of drug-likeness (QED) is 0.445. The maximum Gasteiger partial charge on any atom is 0.114 e. The summed E-state index contributed by atoms with van der Waals surface area (Å²) >= 11 is 0. The van der Waals surface area contributed by atoms with Gasteiger partial charge in [0.1, 0.15) is 6.01 Å². The van der Waals surface area contributed by atoms with Crippen molar-refractivity contribution in [1.29, 1.82) is 0 Å². The van der Waals surface area contributed by atoms with Crippen molar-refractivity contribution in [2.24, 2.45) is 10.1 Å². The van der Waals surface area contributed by atoms with E-state index in [0.29, 0.717) is 0 Å². The van der Waals surface area contributed by atoms with E-state index in [1.807, 2.05) is 6.92 Å². The number of aliphatic imine (C=N–C) groups is 1. The Hall–Kier alpha value is -0.820. The number of nitrogens with zero attached hydrogens (tertiary/aromatic N) is 2. The van der Waals surface area contributed by atoms with Crippen LogP contribution in [0.2, 0.25) is 0 Å². The van der Waals surface area contributed by atoms with Crippen molar-refractivity contribution < 1.29 is 0 Å². The molecule has 0 aliphatic rings. The zero-order chi connectivity index (χ0) is 6.95. The maximum absolute atomic E-state index is 3.85. The van der Waals surface area contributed by atoms with Gasteiger partial charge in [-0.05, 0) is 13.3 Å². The molecule has 0 radical (unpaired) electrons. The van der Waals surface area contributed by atoms with E-state index in [1.54, 1.807) is 0 Å². The molecule has 0 aliphatic heterocycles. The third-order valence-electron chi connectivity index (χ3n) is 0.693. The highest BCUT2D eigenvalue weighted by molar-refractivity contribution is 5.40. The molecule has 0 fully saturated rings. The van der Waals surface area contributed by atoms with Crippen molar-refractivity contribution in [3.8, 4) is 0 Å². The highest BCUT2D eigenvalue weighted by atomic mass is 15.3. The molecule has 0 bridgehead atoms. The molecule has 0 unspecified atom stereocenters. The van der Waals surface area contributed by atoms with Gasteiger partial charge in [-0.2, -0.15) is 0 Å². The number of hydrogen-bond acceptors (Lipinski definition) is 3. The van der Waals surface area contributed by atoms with E-state index in [1.165, 1.54) is 0 Å². The molecule has 0 aromatic heterocycles. The standard InChI is InChI=1S/C6H13N3/c1-3-5-7-6-9-8-4-2/h8H,3-5H2,1-2H3. The first-order chi connectivity index (χ1) is 4.41. The fraction of sp³-hybridized carbons (Fsp3) is 0.833. The van der Waals surface area contributed by atoms with Gasteiger partial charge in [-0.1, -0.05) is 6.92 Å². The van der Waals surface area contributed by atoms with E-state index >= 15 is 0 Å². The number of hydrogen-bond donors (Lipinski definition) is 1. The summed E-state index contributed by atoms with van der Waals surface area (Å²) < 4.78 is 0. The minimum absolute atomic E-state index is 0.814. The monoisotopic (exact) mass is 127 g/mol. The largest absolute Gasteiger partial charge is 0.301 e. The van der Waals surface area contributed by atoms with Gasteiger partial charge in [-0.15, -0.1) is 5.10 Å². The van der Waals surface area contributed by atoms with Crippen molar-refractivity contribution in [1.82, 2.24) is 5.43 Å². The Morgan fingerprint density at radius 1 is 1.44 bits per heavy atom. The molecule has 0 aliphatic carbocycles. The second-order valence-corrected chi connectivity index (χ2v) is 1.61. The zero-order valence-electron chi connectivity index (χ0n) is 6.02. The summed E-state index contributed by atoms with van der Waals surface area (Å²) in [7, 11) is 0. The molecule has 0 saturated heterocycles. The highest BCUT2D eigenvalue weighted by Crippen LogP contribution is 1.72. The summed E-state index contributed by atoms with van der Waals surface area (Å²) in [5.74, 6) is 0. The van der Waals surface area contributed by atoms with Crippen LogP contribution in [-0.4, -0.2) is 19.1 Å². The second kappa shape index (κ2) is 7.18. The van der Waals surface area contributed by atoms with E-state index < -0.39 is 0 Å². The van der Waals surface area contributed by atoms with Crippen LogP contribution >= 0.6 is 0 Å². The normalized spacial score (nSPS) is 7.78. The van der Waals surface area contributed by atoms with Crippen molar-refractivity contribution in [2.45, 2.75) is 20.3 Å². The fourth-order valence-corrected chi connectivity index (χ4v) is 0.312. The summed E-state index contributed by atoms with van der Waals surface area (Å²) in [6.07, 6.45) is 1.05. The fourth-order valence-electron chi connectivity index (χ4n) is 0.312. The van der Waals surface area contributed by atoms with E-state index in [-0.39, 0.29) is 0 Å². The first-order valence-corrected chi connectivity index (χ1v) is 3.25. The summed E-state index contributed by atoms with van der Waals surface area (Å²) in [5, 5.41) is 3.66. The minimum atomic E-state index is 0.814. The lowest BCUT2D eigenvalue weighted by Gasteiger charge is -1.83. The van der Waals surface area contributed by atoms with Crippen LogP contribution < -0.4 is 5.43 Å². The van der Waals surface area contributed by atoms with Crippen LogP contribution in [0.15, 0.2) is 10.1 Å². The molecule has 0 aromatic rings. The predicted octanol–water partition coefficient (Wildman–Crippen LogP) is 1.09. The second-order valence-electron chi connectivity index (χ2n) is 1.61. The van der Waals surface area contributed by atoms with Crippen molar-refractivity contribution in [3.05, 3.63) is 0 Å². The molecule has 1 N–H and O–H groups in total. The molecule has 52 valence electrons. The molecule has 0 rings (SSSR count). The summed E-state index contributed by atoms with van der Waals surface area (Å²) in [5.41, 5.74) is 2.73. The third-order valence-corrected chi connectivity index (χ3v) is 0.693. The zero-order valence-corrected chi connectivity index (χ0v) is 6.02. The molecule has 0 saturated carbocycles. The summed E-state index contributed by atoms with van der Waals surface area (Å²) in [4.78, 5) is 3.85. The van der Waals surface area contributed by atoms with Crippen LogP contribution in [0.1, 0.15) is 20.3 Å².